The van der Waals surface area contributed by atoms with Crippen LogP contribution in [0.3, 0.4) is 0 Å². The summed E-state index contributed by atoms with van der Waals surface area (Å²) in [5.41, 5.74) is 0. The molecule has 1 heterocycles. The highest BCUT2D eigenvalue weighted by Crippen LogP contribution is 2.38. The number of aliphatic hydroxyl groups excluding tert-OH is 1. The standard InChI is InChI=1S/C10H17N3O3S/c14-6-2-1-3-7-17(15,16)10-11-9(12-13-10)8-4-5-8/h8,14H,1-7H2,(H,11,12,13). The zero-order valence-electron chi connectivity index (χ0n) is 9.59. The Hall–Kier alpha value is -0.950. The molecule has 1 aliphatic carbocycles. The van der Waals surface area contributed by atoms with Crippen molar-refractivity contribution in [3.8, 4) is 0 Å². The van der Waals surface area contributed by atoms with Crippen LogP contribution in [-0.2, 0) is 9.84 Å². The van der Waals surface area contributed by atoms with Crippen LogP contribution in [0.4, 0.5) is 0 Å². The van der Waals surface area contributed by atoms with Gasteiger partial charge in [0.25, 0.3) is 5.16 Å². The molecule has 0 aromatic carbocycles. The van der Waals surface area contributed by atoms with Gasteiger partial charge in [-0.3, -0.25) is 5.10 Å². The minimum Gasteiger partial charge on any atom is -0.396 e. The first-order chi connectivity index (χ1) is 8.13. The molecule has 1 fully saturated rings. The fourth-order valence-corrected chi connectivity index (χ4v) is 2.80. The molecule has 0 atom stereocenters. The van der Waals surface area contributed by atoms with Crippen LogP contribution in [0.25, 0.3) is 0 Å². The number of nitrogens with zero attached hydrogens (tertiary/aromatic N) is 2. The average Bonchev–Trinajstić information content (AvgIpc) is 3.02. The van der Waals surface area contributed by atoms with E-state index in [1.54, 1.807) is 0 Å². The molecule has 0 saturated heterocycles. The molecule has 0 radical (unpaired) electrons. The van der Waals surface area contributed by atoms with E-state index >= 15 is 0 Å². The first-order valence-electron chi connectivity index (χ1n) is 5.89. The summed E-state index contributed by atoms with van der Waals surface area (Å²) < 4.78 is 23.7. The van der Waals surface area contributed by atoms with Gasteiger partial charge in [0.05, 0.1) is 5.75 Å². The van der Waals surface area contributed by atoms with Crippen LogP contribution in [0, 0.1) is 0 Å². The Labute approximate surface area is 100 Å². The quantitative estimate of drug-likeness (QED) is 0.700. The molecule has 1 aromatic rings. The third-order valence-corrected chi connectivity index (χ3v) is 4.36. The van der Waals surface area contributed by atoms with Gasteiger partial charge in [0, 0.05) is 12.5 Å². The largest absolute Gasteiger partial charge is 0.396 e. The zero-order valence-corrected chi connectivity index (χ0v) is 10.4. The van der Waals surface area contributed by atoms with Crippen LogP contribution in [-0.4, -0.2) is 41.1 Å². The van der Waals surface area contributed by atoms with Crippen LogP contribution in [0.2, 0.25) is 0 Å². The van der Waals surface area contributed by atoms with Crippen molar-refractivity contribution < 1.29 is 13.5 Å². The van der Waals surface area contributed by atoms with E-state index in [2.05, 4.69) is 15.2 Å². The van der Waals surface area contributed by atoms with E-state index in [0.29, 0.717) is 31.0 Å². The first kappa shape index (κ1) is 12.5. The van der Waals surface area contributed by atoms with Gasteiger partial charge in [0.1, 0.15) is 5.82 Å². The molecule has 6 nitrogen and oxygen atoms in total. The molecule has 2 rings (SSSR count). The van der Waals surface area contributed by atoms with Crippen molar-refractivity contribution in [2.24, 2.45) is 0 Å². The lowest BCUT2D eigenvalue weighted by atomic mass is 10.3. The zero-order chi connectivity index (χ0) is 12.3. The Morgan fingerprint density at radius 1 is 1.29 bits per heavy atom. The molecule has 0 aliphatic heterocycles. The number of unbranched alkanes of at least 4 members (excludes halogenated alkanes) is 2. The van der Waals surface area contributed by atoms with Gasteiger partial charge in [-0.25, -0.2) is 13.4 Å². The Morgan fingerprint density at radius 2 is 2.06 bits per heavy atom. The van der Waals surface area contributed by atoms with Crippen LogP contribution in [0.1, 0.15) is 43.8 Å². The van der Waals surface area contributed by atoms with Gasteiger partial charge in [-0.2, -0.15) is 0 Å². The predicted molar refractivity (Wildman–Crippen MR) is 61.3 cm³/mol. The average molecular weight is 259 g/mol. The highest BCUT2D eigenvalue weighted by molar-refractivity contribution is 7.91. The molecular formula is C10H17N3O3S. The third kappa shape index (κ3) is 3.26. The summed E-state index contributed by atoms with van der Waals surface area (Å²) in [6.45, 7) is 0.104. The molecule has 7 heteroatoms. The van der Waals surface area contributed by atoms with E-state index in [4.69, 9.17) is 5.11 Å². The number of sulfone groups is 1. The number of nitrogens with one attached hydrogen (secondary N) is 1. The fourth-order valence-electron chi connectivity index (χ4n) is 1.61. The van der Waals surface area contributed by atoms with Crippen LogP contribution >= 0.6 is 0 Å². The molecule has 1 aromatic heterocycles. The summed E-state index contributed by atoms with van der Waals surface area (Å²) in [6, 6.07) is 0. The topological polar surface area (TPSA) is 95.9 Å². The van der Waals surface area contributed by atoms with Gasteiger partial charge in [-0.1, -0.05) is 6.42 Å². The van der Waals surface area contributed by atoms with Crippen LogP contribution in [0.5, 0.6) is 0 Å². The summed E-state index contributed by atoms with van der Waals surface area (Å²) in [7, 11) is -3.36. The number of hydrogen-bond donors (Lipinski definition) is 2. The van der Waals surface area contributed by atoms with E-state index in [0.717, 1.165) is 12.8 Å². The van der Waals surface area contributed by atoms with E-state index in [-0.39, 0.29) is 17.5 Å². The monoisotopic (exact) mass is 259 g/mol. The van der Waals surface area contributed by atoms with Gasteiger partial charge in [0.15, 0.2) is 0 Å². The van der Waals surface area contributed by atoms with Gasteiger partial charge in [-0.15, -0.1) is 5.10 Å². The Morgan fingerprint density at radius 3 is 2.71 bits per heavy atom. The van der Waals surface area contributed by atoms with Crippen LogP contribution in [0.15, 0.2) is 5.16 Å². The highest BCUT2D eigenvalue weighted by atomic mass is 32.2. The number of aromatic amines is 1. The summed E-state index contributed by atoms with van der Waals surface area (Å²) in [4.78, 5) is 4.04. The lowest BCUT2D eigenvalue weighted by Gasteiger charge is -1.99. The summed E-state index contributed by atoms with van der Waals surface area (Å²) in [5, 5.41) is 15.0. The lowest BCUT2D eigenvalue weighted by Crippen LogP contribution is -2.09. The SMILES string of the molecule is O=S(=O)(CCCCCO)c1n[nH]c(C2CC2)n1. The number of aliphatic hydroxyl groups is 1. The minimum absolute atomic E-state index is 0.0506. The normalized spacial score (nSPS) is 16.3. The minimum atomic E-state index is -3.36. The van der Waals surface area contributed by atoms with Crippen molar-refractivity contribution in [1.82, 2.24) is 15.2 Å². The predicted octanol–water partition coefficient (Wildman–Crippen LogP) is 0.618. The molecule has 0 unspecified atom stereocenters. The molecule has 17 heavy (non-hydrogen) atoms. The van der Waals surface area contributed by atoms with Gasteiger partial charge >= 0.3 is 0 Å². The maximum Gasteiger partial charge on any atom is 0.266 e. The second kappa shape index (κ2) is 5.14. The van der Waals surface area contributed by atoms with Crippen molar-refractivity contribution in [2.75, 3.05) is 12.4 Å². The third-order valence-electron chi connectivity index (χ3n) is 2.80. The number of H-pyrrole nitrogens is 1. The molecular weight excluding hydrogens is 242 g/mol. The van der Waals surface area contributed by atoms with Crippen molar-refractivity contribution in [3.05, 3.63) is 5.82 Å². The summed E-state index contributed by atoms with van der Waals surface area (Å²) in [6.07, 6.45) is 4.00. The maximum atomic E-state index is 11.8. The van der Waals surface area contributed by atoms with Gasteiger partial charge in [0.2, 0.25) is 9.84 Å². The van der Waals surface area contributed by atoms with Gasteiger partial charge < -0.3 is 5.11 Å². The van der Waals surface area contributed by atoms with Crippen molar-refractivity contribution in [3.63, 3.8) is 0 Å². The molecule has 1 aliphatic rings. The highest BCUT2D eigenvalue weighted by Gasteiger charge is 2.29. The summed E-state index contributed by atoms with van der Waals surface area (Å²) >= 11 is 0. The molecule has 2 N–H and O–H groups in total. The molecule has 1 saturated carbocycles. The molecule has 96 valence electrons. The first-order valence-corrected chi connectivity index (χ1v) is 7.54. The number of hydrogen-bond acceptors (Lipinski definition) is 5. The molecule has 0 amide bonds. The second-order valence-corrected chi connectivity index (χ2v) is 6.38. The van der Waals surface area contributed by atoms with E-state index in [9.17, 15) is 8.42 Å². The Balaban J connectivity index is 1.93. The molecule has 0 spiro atoms. The van der Waals surface area contributed by atoms with Crippen molar-refractivity contribution in [1.29, 1.82) is 0 Å². The summed E-state index contributed by atoms with van der Waals surface area (Å²) in [5.74, 6) is 1.12. The Kier molecular flexibility index (Phi) is 3.78. The number of rotatable bonds is 7. The van der Waals surface area contributed by atoms with Crippen molar-refractivity contribution >= 4 is 9.84 Å². The second-order valence-electron chi connectivity index (χ2n) is 4.38. The van der Waals surface area contributed by atoms with E-state index in [1.165, 1.54) is 0 Å². The smallest absolute Gasteiger partial charge is 0.266 e. The number of aromatic nitrogens is 3. The van der Waals surface area contributed by atoms with E-state index in [1.807, 2.05) is 0 Å². The Bertz CT molecular complexity index is 465. The van der Waals surface area contributed by atoms with Crippen LogP contribution < -0.4 is 0 Å². The lowest BCUT2D eigenvalue weighted by molar-refractivity contribution is 0.284. The fraction of sp³-hybridized carbons (Fsp3) is 0.800. The van der Waals surface area contributed by atoms with E-state index < -0.39 is 9.84 Å². The molecule has 0 bridgehead atoms. The van der Waals surface area contributed by atoms with Crippen molar-refractivity contribution in [2.45, 2.75) is 43.2 Å². The maximum absolute atomic E-state index is 11.8. The van der Waals surface area contributed by atoms with Gasteiger partial charge in [-0.05, 0) is 25.7 Å².